The first kappa shape index (κ1) is 12.6. The standard InChI is InChI=1S/C13H14Br2N2O/c14-9-4-1-7(5-10(9)15)13-11(16)6-12(18)17(13)8-2-3-8/h1,4-5,8,11,13H,2-3,6,16H2. The van der Waals surface area contributed by atoms with Gasteiger partial charge >= 0.3 is 0 Å². The fraction of sp³-hybridized carbons (Fsp3) is 0.462. The van der Waals surface area contributed by atoms with E-state index in [-0.39, 0.29) is 18.0 Å². The molecule has 18 heavy (non-hydrogen) atoms. The Morgan fingerprint density at radius 1 is 1.22 bits per heavy atom. The van der Waals surface area contributed by atoms with Crippen LogP contribution in [0.1, 0.15) is 30.9 Å². The number of amides is 1. The largest absolute Gasteiger partial charge is 0.331 e. The number of benzene rings is 1. The molecule has 1 aromatic carbocycles. The van der Waals surface area contributed by atoms with Gasteiger partial charge in [-0.1, -0.05) is 6.07 Å². The molecule has 5 heteroatoms. The maximum absolute atomic E-state index is 12.0. The van der Waals surface area contributed by atoms with Gasteiger partial charge in [-0.3, -0.25) is 4.79 Å². The number of likely N-dealkylation sites (tertiary alicyclic amines) is 1. The summed E-state index contributed by atoms with van der Waals surface area (Å²) in [6.45, 7) is 0. The predicted molar refractivity (Wildman–Crippen MR) is 77.0 cm³/mol. The highest BCUT2D eigenvalue weighted by Gasteiger charge is 2.45. The molecule has 96 valence electrons. The first-order valence-corrected chi connectivity index (χ1v) is 7.68. The summed E-state index contributed by atoms with van der Waals surface area (Å²) < 4.78 is 2.02. The van der Waals surface area contributed by atoms with Crippen LogP contribution < -0.4 is 5.73 Å². The van der Waals surface area contributed by atoms with Crippen molar-refractivity contribution < 1.29 is 4.79 Å². The van der Waals surface area contributed by atoms with Gasteiger partial charge in [0.2, 0.25) is 5.91 Å². The molecule has 0 radical (unpaired) electrons. The average Bonchev–Trinajstić information content (AvgIpc) is 3.09. The number of nitrogens with two attached hydrogens (primary N) is 1. The summed E-state index contributed by atoms with van der Waals surface area (Å²) in [7, 11) is 0. The quantitative estimate of drug-likeness (QED) is 0.866. The van der Waals surface area contributed by atoms with Gasteiger partial charge in [0.25, 0.3) is 0 Å². The number of hydrogen-bond donors (Lipinski definition) is 1. The lowest BCUT2D eigenvalue weighted by Crippen LogP contribution is -2.34. The highest BCUT2D eigenvalue weighted by Crippen LogP contribution is 2.42. The zero-order valence-corrected chi connectivity index (χ0v) is 12.9. The Balaban J connectivity index is 1.97. The highest BCUT2D eigenvalue weighted by atomic mass is 79.9. The molecule has 1 saturated heterocycles. The second-order valence-electron chi connectivity index (χ2n) is 5.02. The molecule has 2 atom stereocenters. The molecule has 2 fully saturated rings. The Bertz CT molecular complexity index is 502. The minimum atomic E-state index is -0.0915. The Labute approximate surface area is 123 Å². The van der Waals surface area contributed by atoms with Crippen LogP contribution in [-0.4, -0.2) is 22.9 Å². The first-order chi connectivity index (χ1) is 8.58. The van der Waals surface area contributed by atoms with E-state index in [2.05, 4.69) is 37.9 Å². The van der Waals surface area contributed by atoms with Gasteiger partial charge in [-0.2, -0.15) is 0 Å². The monoisotopic (exact) mass is 372 g/mol. The van der Waals surface area contributed by atoms with Crippen LogP contribution in [0, 0.1) is 0 Å². The van der Waals surface area contributed by atoms with Crippen LogP contribution in [0.2, 0.25) is 0 Å². The smallest absolute Gasteiger partial charge is 0.225 e. The second-order valence-corrected chi connectivity index (χ2v) is 6.73. The molecule has 1 amide bonds. The lowest BCUT2D eigenvalue weighted by Gasteiger charge is -2.27. The lowest BCUT2D eigenvalue weighted by molar-refractivity contribution is -0.129. The summed E-state index contributed by atoms with van der Waals surface area (Å²) in [6.07, 6.45) is 2.70. The number of carbonyl (C=O) groups is 1. The fourth-order valence-electron chi connectivity index (χ4n) is 2.67. The summed E-state index contributed by atoms with van der Waals surface area (Å²) >= 11 is 6.97. The molecule has 1 aromatic rings. The van der Waals surface area contributed by atoms with Gasteiger partial charge < -0.3 is 10.6 Å². The van der Waals surface area contributed by atoms with Crippen LogP contribution in [-0.2, 0) is 4.79 Å². The first-order valence-electron chi connectivity index (χ1n) is 6.09. The molecule has 2 N–H and O–H groups in total. The van der Waals surface area contributed by atoms with Crippen LogP contribution >= 0.6 is 31.9 Å². The molecular formula is C13H14Br2N2O. The van der Waals surface area contributed by atoms with Crippen LogP contribution in [0.5, 0.6) is 0 Å². The van der Waals surface area contributed by atoms with Gasteiger partial charge in [-0.25, -0.2) is 0 Å². The zero-order chi connectivity index (χ0) is 12.9. The Hall–Kier alpha value is -0.390. The number of hydrogen-bond acceptors (Lipinski definition) is 2. The third-order valence-electron chi connectivity index (χ3n) is 3.63. The molecule has 1 aliphatic carbocycles. The summed E-state index contributed by atoms with van der Waals surface area (Å²) in [6, 6.07) is 6.47. The predicted octanol–water partition coefficient (Wildman–Crippen LogP) is 2.97. The second kappa shape index (κ2) is 4.62. The maximum Gasteiger partial charge on any atom is 0.225 e. The molecule has 1 saturated carbocycles. The third kappa shape index (κ3) is 2.12. The van der Waals surface area contributed by atoms with Crippen molar-refractivity contribution in [1.82, 2.24) is 4.90 Å². The Morgan fingerprint density at radius 3 is 2.56 bits per heavy atom. The fourth-order valence-corrected chi connectivity index (χ4v) is 3.31. The van der Waals surface area contributed by atoms with Crippen LogP contribution in [0.4, 0.5) is 0 Å². The van der Waals surface area contributed by atoms with Gasteiger partial charge in [-0.15, -0.1) is 0 Å². The maximum atomic E-state index is 12.0. The van der Waals surface area contributed by atoms with Crippen molar-refractivity contribution in [2.45, 2.75) is 37.4 Å². The lowest BCUT2D eigenvalue weighted by atomic mass is 10.0. The van der Waals surface area contributed by atoms with Crippen LogP contribution in [0.25, 0.3) is 0 Å². The number of carbonyl (C=O) groups excluding carboxylic acids is 1. The van der Waals surface area contributed by atoms with E-state index in [0.717, 1.165) is 27.4 Å². The minimum absolute atomic E-state index is 0.0365. The number of halogens is 2. The van der Waals surface area contributed by atoms with E-state index in [1.165, 1.54) is 0 Å². The van der Waals surface area contributed by atoms with E-state index in [0.29, 0.717) is 12.5 Å². The molecule has 3 rings (SSSR count). The summed E-state index contributed by atoms with van der Waals surface area (Å²) in [4.78, 5) is 14.0. The van der Waals surface area contributed by atoms with E-state index in [1.54, 1.807) is 0 Å². The molecular weight excluding hydrogens is 360 g/mol. The molecule has 0 bridgehead atoms. The highest BCUT2D eigenvalue weighted by molar-refractivity contribution is 9.13. The summed E-state index contributed by atoms with van der Waals surface area (Å²) in [5.41, 5.74) is 7.28. The van der Waals surface area contributed by atoms with E-state index in [4.69, 9.17) is 5.73 Å². The van der Waals surface area contributed by atoms with Crippen molar-refractivity contribution in [3.05, 3.63) is 32.7 Å². The molecule has 2 unspecified atom stereocenters. The van der Waals surface area contributed by atoms with Crippen LogP contribution in [0.3, 0.4) is 0 Å². The Kier molecular flexibility index (Phi) is 3.24. The van der Waals surface area contributed by atoms with Gasteiger partial charge in [0, 0.05) is 27.4 Å². The van der Waals surface area contributed by atoms with Crippen molar-refractivity contribution in [1.29, 1.82) is 0 Å². The van der Waals surface area contributed by atoms with E-state index in [1.807, 2.05) is 17.0 Å². The third-order valence-corrected chi connectivity index (χ3v) is 5.51. The molecule has 0 spiro atoms. The summed E-state index contributed by atoms with van der Waals surface area (Å²) in [5, 5.41) is 0. The molecule has 2 aliphatic rings. The normalized spacial score (nSPS) is 27.9. The van der Waals surface area contributed by atoms with Crippen LogP contribution in [0.15, 0.2) is 27.1 Å². The SMILES string of the molecule is NC1CC(=O)N(C2CC2)C1c1ccc(Br)c(Br)c1. The van der Waals surface area contributed by atoms with Gasteiger partial charge in [-0.05, 0) is 62.4 Å². The van der Waals surface area contributed by atoms with E-state index in [9.17, 15) is 4.79 Å². The molecule has 1 heterocycles. The number of nitrogens with zero attached hydrogens (tertiary/aromatic N) is 1. The summed E-state index contributed by atoms with van der Waals surface area (Å²) in [5.74, 6) is 0.203. The van der Waals surface area contributed by atoms with Gasteiger partial charge in [0.05, 0.1) is 6.04 Å². The average molecular weight is 374 g/mol. The molecule has 3 nitrogen and oxygen atoms in total. The van der Waals surface area contributed by atoms with Crippen molar-refractivity contribution >= 4 is 37.8 Å². The van der Waals surface area contributed by atoms with Crippen molar-refractivity contribution in [2.24, 2.45) is 5.73 Å². The van der Waals surface area contributed by atoms with Crippen molar-refractivity contribution in [2.75, 3.05) is 0 Å². The van der Waals surface area contributed by atoms with Gasteiger partial charge in [0.1, 0.15) is 0 Å². The minimum Gasteiger partial charge on any atom is -0.331 e. The molecule has 1 aliphatic heterocycles. The molecule has 0 aromatic heterocycles. The van der Waals surface area contributed by atoms with E-state index >= 15 is 0 Å². The van der Waals surface area contributed by atoms with Crippen molar-refractivity contribution in [3.8, 4) is 0 Å². The topological polar surface area (TPSA) is 46.3 Å². The zero-order valence-electron chi connectivity index (χ0n) is 9.77. The number of rotatable bonds is 2. The van der Waals surface area contributed by atoms with E-state index < -0.39 is 0 Å². The van der Waals surface area contributed by atoms with Crippen molar-refractivity contribution in [3.63, 3.8) is 0 Å². The van der Waals surface area contributed by atoms with Gasteiger partial charge in [0.15, 0.2) is 0 Å². The Morgan fingerprint density at radius 2 is 1.94 bits per heavy atom.